The highest BCUT2D eigenvalue weighted by Gasteiger charge is 2.36. The number of benzene rings is 2. The van der Waals surface area contributed by atoms with Crippen LogP contribution in [0.2, 0.25) is 10.0 Å². The Kier molecular flexibility index (Phi) is 11.5. The summed E-state index contributed by atoms with van der Waals surface area (Å²) in [4.78, 5) is 40.6. The molecule has 11 heteroatoms. The van der Waals surface area contributed by atoms with Gasteiger partial charge in [-0.3, -0.25) is 24.6 Å². The summed E-state index contributed by atoms with van der Waals surface area (Å²) >= 11 is 13.6. The predicted molar refractivity (Wildman–Crippen MR) is 202 cm³/mol. The molecule has 1 N–H and O–H groups in total. The van der Waals surface area contributed by atoms with E-state index in [9.17, 15) is 14.4 Å². The molecule has 4 heterocycles. The summed E-state index contributed by atoms with van der Waals surface area (Å²) in [5.41, 5.74) is 5.18. The van der Waals surface area contributed by atoms with E-state index in [4.69, 9.17) is 27.9 Å². The fourth-order valence-electron chi connectivity index (χ4n) is 8.03. The Balaban J connectivity index is 0.980. The Hall–Kier alpha value is -3.40. The van der Waals surface area contributed by atoms with Crippen molar-refractivity contribution in [3.8, 4) is 16.9 Å². The second kappa shape index (κ2) is 15.7. The van der Waals surface area contributed by atoms with Crippen LogP contribution >= 0.6 is 23.2 Å². The number of carbonyl (C=O) groups excluding carboxylic acids is 2. The molecule has 2 amide bonds. The number of methoxy groups -OCH3 is 1. The molecule has 274 valence electrons. The number of aryl methyl sites for hydroxylation is 1. The molecule has 0 bridgehead atoms. The number of imide groups is 1. The molecule has 3 fully saturated rings. The van der Waals surface area contributed by atoms with Gasteiger partial charge in [-0.25, -0.2) is 4.39 Å². The Morgan fingerprint density at radius 1 is 0.961 bits per heavy atom. The fourth-order valence-corrected chi connectivity index (χ4v) is 8.62. The summed E-state index contributed by atoms with van der Waals surface area (Å²) in [7, 11) is 3.39. The van der Waals surface area contributed by atoms with Crippen LogP contribution in [0.5, 0.6) is 5.75 Å². The number of likely N-dealkylation sites (tertiary alicyclic amines) is 1. The minimum absolute atomic E-state index is 0.0140. The summed E-state index contributed by atoms with van der Waals surface area (Å²) in [6.45, 7) is 7.46. The first-order valence-electron chi connectivity index (χ1n) is 18.2. The molecule has 3 aliphatic heterocycles. The van der Waals surface area contributed by atoms with E-state index < -0.39 is 5.67 Å². The molecule has 51 heavy (non-hydrogen) atoms. The monoisotopic (exact) mass is 738 g/mol. The number of rotatable bonds is 10. The first kappa shape index (κ1) is 37.4. The molecule has 8 nitrogen and oxygen atoms in total. The first-order valence-corrected chi connectivity index (χ1v) is 18.9. The third kappa shape index (κ3) is 8.47. The zero-order valence-corrected chi connectivity index (χ0v) is 31.6. The highest BCUT2D eigenvalue weighted by molar-refractivity contribution is 6.33. The summed E-state index contributed by atoms with van der Waals surface area (Å²) < 4.78 is 23.5. The lowest BCUT2D eigenvalue weighted by atomic mass is 9.83. The van der Waals surface area contributed by atoms with Gasteiger partial charge in [-0.05, 0) is 112 Å². The maximum atomic E-state index is 16.1. The average Bonchev–Trinajstić information content (AvgIpc) is 3.11. The van der Waals surface area contributed by atoms with Crippen molar-refractivity contribution in [3.05, 3.63) is 79.2 Å². The molecule has 2 aromatic carbocycles. The number of pyridine rings is 1. The van der Waals surface area contributed by atoms with Gasteiger partial charge in [0.15, 0.2) is 0 Å². The molecule has 6 rings (SSSR count). The minimum Gasteiger partial charge on any atom is -0.496 e. The van der Waals surface area contributed by atoms with Gasteiger partial charge < -0.3 is 14.2 Å². The summed E-state index contributed by atoms with van der Waals surface area (Å²) in [5.74, 6) is 0.564. The van der Waals surface area contributed by atoms with Crippen molar-refractivity contribution in [1.82, 2.24) is 14.8 Å². The first-order chi connectivity index (χ1) is 24.3. The van der Waals surface area contributed by atoms with Gasteiger partial charge in [0.1, 0.15) is 11.4 Å². The van der Waals surface area contributed by atoms with Crippen molar-refractivity contribution < 1.29 is 18.7 Å². The van der Waals surface area contributed by atoms with Crippen LogP contribution in [0.4, 0.5) is 10.1 Å². The van der Waals surface area contributed by atoms with E-state index in [-0.39, 0.29) is 23.3 Å². The van der Waals surface area contributed by atoms with Crippen LogP contribution in [-0.2, 0) is 29.6 Å². The average molecular weight is 740 g/mol. The number of hydrogen-bond donors (Lipinski definition) is 1. The Morgan fingerprint density at radius 3 is 2.35 bits per heavy atom. The van der Waals surface area contributed by atoms with Crippen molar-refractivity contribution in [1.29, 1.82) is 0 Å². The number of hydrogen-bond acceptors (Lipinski definition) is 6. The van der Waals surface area contributed by atoms with Crippen molar-refractivity contribution in [2.24, 2.45) is 18.9 Å². The smallest absolute Gasteiger partial charge is 0.253 e. The third-order valence-electron chi connectivity index (χ3n) is 11.6. The van der Waals surface area contributed by atoms with Crippen LogP contribution in [-0.4, -0.2) is 60.2 Å². The van der Waals surface area contributed by atoms with E-state index in [1.807, 2.05) is 50.4 Å². The Labute approximate surface area is 310 Å². The molecule has 3 aliphatic rings. The quantitative estimate of drug-likeness (QED) is 0.216. The molecular formula is C40H49Cl2FN4O4. The van der Waals surface area contributed by atoms with Gasteiger partial charge in [0.05, 0.1) is 17.8 Å². The Morgan fingerprint density at radius 2 is 1.69 bits per heavy atom. The number of ether oxygens (including phenoxy) is 1. The fraction of sp³-hybridized carbons (Fsp3) is 0.525. The standard InChI is InChI=1S/C40H49Cl2FN4O4/c1-25-26(2)39(50)45(3)23-31(25)30-21-33(41)32(36(22-30)51-4)24-46-17-13-40(43,14-18-46)12-9-27-10-15-47(16-11-27)35-7-5-28(20-34(35)42)19-29-6-8-37(48)44-38(29)49/h5,7,20-23,27,29H,6,8-19,24H2,1-4H3,(H,44,48,49). The molecule has 0 radical (unpaired) electrons. The van der Waals surface area contributed by atoms with Crippen LogP contribution in [0.15, 0.2) is 41.3 Å². The topological polar surface area (TPSA) is 83.9 Å². The number of alkyl halides is 1. The Bertz CT molecular complexity index is 1850. The highest BCUT2D eigenvalue weighted by Crippen LogP contribution is 2.39. The summed E-state index contributed by atoms with van der Waals surface area (Å²) in [6.07, 6.45) is 7.82. The van der Waals surface area contributed by atoms with Crippen molar-refractivity contribution in [2.75, 3.05) is 38.2 Å². The van der Waals surface area contributed by atoms with Crippen LogP contribution in [0, 0.1) is 25.7 Å². The number of anilines is 1. The normalized spacial score (nSPS) is 20.1. The molecule has 1 unspecified atom stereocenters. The maximum absolute atomic E-state index is 16.1. The summed E-state index contributed by atoms with van der Waals surface area (Å²) in [6, 6.07) is 9.94. The molecule has 3 aromatic rings. The van der Waals surface area contributed by atoms with Crippen LogP contribution in [0.25, 0.3) is 11.1 Å². The van der Waals surface area contributed by atoms with Crippen LogP contribution in [0.1, 0.15) is 73.6 Å². The number of carbonyl (C=O) groups is 2. The van der Waals surface area contributed by atoms with Gasteiger partial charge in [-0.15, -0.1) is 0 Å². The zero-order chi connectivity index (χ0) is 36.4. The number of aromatic nitrogens is 1. The third-order valence-corrected chi connectivity index (χ3v) is 12.2. The van der Waals surface area contributed by atoms with E-state index >= 15 is 4.39 Å². The van der Waals surface area contributed by atoms with E-state index in [2.05, 4.69) is 15.1 Å². The predicted octanol–water partition coefficient (Wildman–Crippen LogP) is 7.58. The van der Waals surface area contributed by atoms with Gasteiger partial charge in [0, 0.05) is 80.0 Å². The minimum atomic E-state index is -1.16. The van der Waals surface area contributed by atoms with E-state index in [0.717, 1.165) is 65.9 Å². The van der Waals surface area contributed by atoms with Gasteiger partial charge in [-0.2, -0.15) is 0 Å². The molecule has 0 spiro atoms. The molecule has 0 aliphatic carbocycles. The molecular weight excluding hydrogens is 690 g/mol. The van der Waals surface area contributed by atoms with E-state index in [1.165, 1.54) is 0 Å². The van der Waals surface area contributed by atoms with Crippen molar-refractivity contribution in [2.45, 2.75) is 83.8 Å². The number of nitrogens with one attached hydrogen (secondary N) is 1. The van der Waals surface area contributed by atoms with Gasteiger partial charge in [0.2, 0.25) is 11.8 Å². The number of nitrogens with zero attached hydrogens (tertiary/aromatic N) is 3. The molecule has 1 atom stereocenters. The number of piperidine rings is 3. The highest BCUT2D eigenvalue weighted by atomic mass is 35.5. The lowest BCUT2D eigenvalue weighted by molar-refractivity contribution is -0.136. The number of amides is 2. The molecule has 3 saturated heterocycles. The number of halogens is 3. The van der Waals surface area contributed by atoms with Gasteiger partial charge in [-0.1, -0.05) is 29.3 Å². The molecule has 0 saturated carbocycles. The SMILES string of the molecule is COc1cc(-c2cn(C)c(=O)c(C)c2C)cc(Cl)c1CN1CCC(F)(CCC2CCN(c3ccc(CC4CCC(=O)NC4=O)cc3Cl)CC2)CC1. The maximum Gasteiger partial charge on any atom is 0.253 e. The molecule has 1 aromatic heterocycles. The second-order valence-corrected chi connectivity index (χ2v) is 15.7. The van der Waals surface area contributed by atoms with E-state index in [0.29, 0.717) is 85.4 Å². The van der Waals surface area contributed by atoms with Gasteiger partial charge in [0.25, 0.3) is 5.56 Å². The van der Waals surface area contributed by atoms with Crippen LogP contribution < -0.4 is 20.5 Å². The second-order valence-electron chi connectivity index (χ2n) is 14.9. The van der Waals surface area contributed by atoms with Crippen LogP contribution in [0.3, 0.4) is 0 Å². The lowest BCUT2D eigenvalue weighted by Gasteiger charge is -2.39. The lowest BCUT2D eigenvalue weighted by Crippen LogP contribution is -2.42. The van der Waals surface area contributed by atoms with Crippen molar-refractivity contribution in [3.63, 3.8) is 0 Å². The van der Waals surface area contributed by atoms with Crippen molar-refractivity contribution >= 4 is 40.7 Å². The van der Waals surface area contributed by atoms with Gasteiger partial charge >= 0.3 is 0 Å². The largest absolute Gasteiger partial charge is 0.496 e. The summed E-state index contributed by atoms with van der Waals surface area (Å²) in [5, 5.41) is 3.71. The zero-order valence-electron chi connectivity index (χ0n) is 30.1. The van der Waals surface area contributed by atoms with E-state index in [1.54, 1.807) is 18.7 Å².